The van der Waals surface area contributed by atoms with Crippen LogP contribution in [0.3, 0.4) is 0 Å². The highest BCUT2D eigenvalue weighted by Gasteiger charge is 2.08. The number of nitrogens with two attached hydrogens (primary N) is 1. The van der Waals surface area contributed by atoms with Crippen molar-refractivity contribution in [2.75, 3.05) is 5.73 Å². The fraction of sp³-hybridized carbons (Fsp3) is 0.111. The van der Waals surface area contributed by atoms with Crippen LogP contribution in [0.25, 0.3) is 0 Å². The Bertz CT molecular complexity index is 503. The van der Waals surface area contributed by atoms with Gasteiger partial charge in [-0.2, -0.15) is 0 Å². The van der Waals surface area contributed by atoms with E-state index in [0.717, 1.165) is 9.90 Å². The van der Waals surface area contributed by atoms with Gasteiger partial charge in [-0.3, -0.25) is 0 Å². The third-order valence-corrected chi connectivity index (χ3v) is 4.16. The second-order valence-corrected chi connectivity index (χ2v) is 5.52. The summed E-state index contributed by atoms with van der Waals surface area (Å²) in [5.74, 6) is 0.141. The van der Waals surface area contributed by atoms with Gasteiger partial charge in [0.1, 0.15) is 5.82 Å². The lowest BCUT2D eigenvalue weighted by atomic mass is 10.2. The lowest BCUT2D eigenvalue weighted by Gasteiger charge is -2.02. The number of hydrogen-bond acceptors (Lipinski definition) is 5. The third-order valence-electron chi connectivity index (χ3n) is 1.80. The lowest BCUT2D eigenvalue weighted by molar-refractivity contribution is 0.627. The molecule has 2 aromatic rings. The number of benzene rings is 1. The fourth-order valence-corrected chi connectivity index (χ4v) is 2.98. The molecule has 16 heavy (non-hydrogen) atoms. The predicted octanol–water partition coefficient (Wildman–Crippen LogP) is 3.21. The van der Waals surface area contributed by atoms with Crippen molar-refractivity contribution in [1.82, 2.24) is 10.2 Å². The van der Waals surface area contributed by atoms with Crippen molar-refractivity contribution in [3.63, 3.8) is 0 Å². The topological polar surface area (TPSA) is 51.8 Å². The maximum atomic E-state index is 13.1. The number of hydrogen-bond donors (Lipinski definition) is 1. The van der Waals surface area contributed by atoms with Crippen LogP contribution in [0.5, 0.6) is 0 Å². The minimum atomic E-state index is -0.406. The Labute approximate surface area is 105 Å². The summed E-state index contributed by atoms with van der Waals surface area (Å²) in [6.07, 6.45) is 0. The van der Waals surface area contributed by atoms with Gasteiger partial charge in [0, 0.05) is 5.75 Å². The summed E-state index contributed by atoms with van der Waals surface area (Å²) < 4.78 is 13.9. The molecule has 0 unspecified atom stereocenters. The zero-order valence-electron chi connectivity index (χ0n) is 7.98. The first kappa shape index (κ1) is 11.6. The lowest BCUT2D eigenvalue weighted by Crippen LogP contribution is -1.86. The van der Waals surface area contributed by atoms with Crippen LogP contribution in [-0.4, -0.2) is 10.2 Å². The molecule has 0 aliphatic rings. The van der Waals surface area contributed by atoms with Crippen molar-refractivity contribution >= 4 is 39.8 Å². The highest BCUT2D eigenvalue weighted by Crippen LogP contribution is 2.30. The van der Waals surface area contributed by atoms with Crippen LogP contribution in [0, 0.1) is 5.82 Å². The number of anilines is 1. The van der Waals surface area contributed by atoms with Gasteiger partial charge in [-0.25, -0.2) is 4.39 Å². The quantitative estimate of drug-likeness (QED) is 0.874. The van der Waals surface area contributed by atoms with Gasteiger partial charge < -0.3 is 5.73 Å². The molecule has 1 aromatic carbocycles. The number of halogens is 2. The van der Waals surface area contributed by atoms with Crippen LogP contribution in [-0.2, 0) is 5.75 Å². The molecule has 1 aromatic heterocycles. The molecule has 2 N–H and O–H groups in total. The normalized spacial score (nSPS) is 10.6. The molecule has 0 saturated heterocycles. The van der Waals surface area contributed by atoms with E-state index < -0.39 is 5.82 Å². The number of thioether (sulfide) groups is 1. The summed E-state index contributed by atoms with van der Waals surface area (Å²) in [4.78, 5) is 0. The predicted molar refractivity (Wildman–Crippen MR) is 65.3 cm³/mol. The Hall–Kier alpha value is -0.850. The standard InChI is InChI=1S/C9H7ClFN3S2/c10-7-5(2-1-3-6(7)11)4-15-9-14-13-8(12)16-9/h1-3H,4H2,(H2,12,13). The molecule has 0 amide bonds. The van der Waals surface area contributed by atoms with Gasteiger partial charge in [0.05, 0.1) is 5.02 Å². The van der Waals surface area contributed by atoms with E-state index in [-0.39, 0.29) is 5.02 Å². The van der Waals surface area contributed by atoms with Gasteiger partial charge in [0.15, 0.2) is 4.34 Å². The Balaban J connectivity index is 2.07. The molecule has 0 spiro atoms. The summed E-state index contributed by atoms with van der Waals surface area (Å²) in [6.45, 7) is 0. The van der Waals surface area contributed by atoms with Gasteiger partial charge in [-0.15, -0.1) is 10.2 Å². The Kier molecular flexibility index (Phi) is 3.63. The summed E-state index contributed by atoms with van der Waals surface area (Å²) in [7, 11) is 0. The van der Waals surface area contributed by atoms with Crippen molar-refractivity contribution in [3.8, 4) is 0 Å². The molecule has 0 bridgehead atoms. The second kappa shape index (κ2) is 4.99. The summed E-state index contributed by atoms with van der Waals surface area (Å²) >= 11 is 8.55. The van der Waals surface area contributed by atoms with Crippen molar-refractivity contribution < 1.29 is 4.39 Å². The van der Waals surface area contributed by atoms with Crippen molar-refractivity contribution in [2.45, 2.75) is 10.1 Å². The van der Waals surface area contributed by atoms with Crippen LogP contribution < -0.4 is 5.73 Å². The van der Waals surface area contributed by atoms with Crippen LogP contribution in [0.15, 0.2) is 22.5 Å². The number of nitrogen functional groups attached to an aromatic ring is 1. The molecule has 0 aliphatic carbocycles. The number of rotatable bonds is 3. The first-order chi connectivity index (χ1) is 7.66. The molecule has 84 valence electrons. The summed E-state index contributed by atoms with van der Waals surface area (Å²) in [5, 5.41) is 8.12. The summed E-state index contributed by atoms with van der Waals surface area (Å²) in [6, 6.07) is 4.74. The fourth-order valence-electron chi connectivity index (χ4n) is 1.08. The molecule has 1 heterocycles. The molecule has 7 heteroatoms. The summed E-state index contributed by atoms with van der Waals surface area (Å²) in [5.41, 5.74) is 6.18. The molecule has 0 aliphatic heterocycles. The van der Waals surface area contributed by atoms with Crippen LogP contribution in [0.4, 0.5) is 9.52 Å². The largest absolute Gasteiger partial charge is 0.374 e. The van der Waals surface area contributed by atoms with E-state index >= 15 is 0 Å². The number of nitrogens with zero attached hydrogens (tertiary/aromatic N) is 2. The van der Waals surface area contributed by atoms with Gasteiger partial charge in [0.2, 0.25) is 5.13 Å². The van der Waals surface area contributed by atoms with Crippen molar-refractivity contribution in [3.05, 3.63) is 34.6 Å². The van der Waals surface area contributed by atoms with E-state index in [9.17, 15) is 4.39 Å². The van der Waals surface area contributed by atoms with E-state index in [0.29, 0.717) is 10.9 Å². The Morgan fingerprint density at radius 2 is 2.25 bits per heavy atom. The molecule has 0 atom stereocenters. The maximum absolute atomic E-state index is 13.1. The molecule has 0 radical (unpaired) electrons. The molecular weight excluding hydrogens is 269 g/mol. The van der Waals surface area contributed by atoms with Gasteiger partial charge in [-0.05, 0) is 11.6 Å². The zero-order chi connectivity index (χ0) is 11.5. The molecule has 3 nitrogen and oxygen atoms in total. The maximum Gasteiger partial charge on any atom is 0.203 e. The first-order valence-corrected chi connectivity index (χ1v) is 6.49. The van der Waals surface area contributed by atoms with Crippen LogP contribution in [0.1, 0.15) is 5.56 Å². The van der Waals surface area contributed by atoms with E-state index in [2.05, 4.69) is 10.2 Å². The third kappa shape index (κ3) is 2.63. The average molecular weight is 276 g/mol. The minimum absolute atomic E-state index is 0.160. The highest BCUT2D eigenvalue weighted by atomic mass is 35.5. The zero-order valence-corrected chi connectivity index (χ0v) is 10.4. The molecule has 0 saturated carbocycles. The molecule has 2 rings (SSSR count). The average Bonchev–Trinajstić information content (AvgIpc) is 2.67. The van der Waals surface area contributed by atoms with E-state index in [1.54, 1.807) is 12.1 Å². The van der Waals surface area contributed by atoms with Crippen molar-refractivity contribution in [1.29, 1.82) is 0 Å². The van der Waals surface area contributed by atoms with E-state index in [1.807, 2.05) is 0 Å². The highest BCUT2D eigenvalue weighted by molar-refractivity contribution is 8.00. The van der Waals surface area contributed by atoms with Gasteiger partial charge in [0.25, 0.3) is 0 Å². The second-order valence-electron chi connectivity index (χ2n) is 2.91. The van der Waals surface area contributed by atoms with Gasteiger partial charge in [-0.1, -0.05) is 46.8 Å². The first-order valence-electron chi connectivity index (χ1n) is 4.31. The monoisotopic (exact) mass is 275 g/mol. The Morgan fingerprint density at radius 3 is 2.94 bits per heavy atom. The minimum Gasteiger partial charge on any atom is -0.374 e. The molecule has 0 fully saturated rings. The Morgan fingerprint density at radius 1 is 1.44 bits per heavy atom. The smallest absolute Gasteiger partial charge is 0.203 e. The van der Waals surface area contributed by atoms with Gasteiger partial charge >= 0.3 is 0 Å². The molecular formula is C9H7ClFN3S2. The SMILES string of the molecule is Nc1nnc(SCc2cccc(F)c2Cl)s1. The van der Waals surface area contributed by atoms with E-state index in [4.69, 9.17) is 17.3 Å². The van der Waals surface area contributed by atoms with Crippen LogP contribution in [0.2, 0.25) is 5.02 Å². The van der Waals surface area contributed by atoms with E-state index in [1.165, 1.54) is 29.2 Å². The number of aromatic nitrogens is 2. The van der Waals surface area contributed by atoms with Crippen molar-refractivity contribution in [2.24, 2.45) is 0 Å². The van der Waals surface area contributed by atoms with Crippen LogP contribution >= 0.6 is 34.7 Å².